The first-order valence-corrected chi connectivity index (χ1v) is 10.9. The Morgan fingerprint density at radius 2 is 1.80 bits per heavy atom. The normalized spacial score (nSPS) is 14.7. The van der Waals surface area contributed by atoms with Gasteiger partial charge >= 0.3 is 12.1 Å². The van der Waals surface area contributed by atoms with Crippen LogP contribution in [0.5, 0.6) is 0 Å². The maximum Gasteiger partial charge on any atom is 0.416 e. The zero-order chi connectivity index (χ0) is 24.9. The Kier molecular flexibility index (Phi) is 5.53. The van der Waals surface area contributed by atoms with Gasteiger partial charge in [0.05, 0.1) is 29.2 Å². The van der Waals surface area contributed by atoms with Gasteiger partial charge in [-0.3, -0.25) is 0 Å². The van der Waals surface area contributed by atoms with E-state index in [2.05, 4.69) is 10.1 Å². The van der Waals surface area contributed by atoms with Crippen molar-refractivity contribution in [3.63, 3.8) is 0 Å². The number of nitrogens with zero attached hydrogens (tertiary/aromatic N) is 3. The van der Waals surface area contributed by atoms with Crippen molar-refractivity contribution in [3.05, 3.63) is 77.1 Å². The molecule has 1 fully saturated rings. The van der Waals surface area contributed by atoms with Gasteiger partial charge in [0.15, 0.2) is 5.82 Å². The first kappa shape index (κ1) is 22.9. The molecular weight excluding hydrogens is 469 g/mol. The van der Waals surface area contributed by atoms with Crippen molar-refractivity contribution in [1.29, 1.82) is 0 Å². The molecule has 2 heterocycles. The number of aromatic carboxylic acids is 1. The van der Waals surface area contributed by atoms with Gasteiger partial charge in [-0.05, 0) is 60.2 Å². The third kappa shape index (κ3) is 4.24. The molecule has 0 unspecified atom stereocenters. The molecule has 0 radical (unpaired) electrons. The number of pyridine rings is 1. The van der Waals surface area contributed by atoms with Gasteiger partial charge in [0.25, 0.3) is 0 Å². The van der Waals surface area contributed by atoms with Crippen molar-refractivity contribution in [2.45, 2.75) is 37.8 Å². The number of hydrogen-bond donors (Lipinski definition) is 1. The van der Waals surface area contributed by atoms with Crippen LogP contribution in [0, 0.1) is 11.6 Å². The standard InChI is InChI=1S/C25H18F5N3O2/c26-16-8-15(25(28,29)30)9-17(10-16)33-12-21-23(32-33)22(20(27)11-31-21)14-5-6-18(24(34)35)19(7-14)13-3-1-2-4-13/h5-13H,1-4H2,(H,34,35). The summed E-state index contributed by atoms with van der Waals surface area (Å²) in [6.07, 6.45) is 1.09. The number of carboxylic acid groups (broad SMARTS) is 1. The summed E-state index contributed by atoms with van der Waals surface area (Å²) in [6, 6.07) is 6.55. The number of carboxylic acids is 1. The van der Waals surface area contributed by atoms with Crippen LogP contribution in [0.1, 0.15) is 53.1 Å². The molecular formula is C25H18F5N3O2. The van der Waals surface area contributed by atoms with Crippen molar-refractivity contribution in [2.75, 3.05) is 0 Å². The van der Waals surface area contributed by atoms with Crippen LogP contribution in [0.4, 0.5) is 22.0 Å². The number of fused-ring (bicyclic) bond motifs is 1. The van der Waals surface area contributed by atoms with Crippen LogP contribution in [0.3, 0.4) is 0 Å². The molecule has 180 valence electrons. The van der Waals surface area contributed by atoms with Gasteiger partial charge in [-0.25, -0.2) is 23.2 Å². The van der Waals surface area contributed by atoms with Gasteiger partial charge in [-0.2, -0.15) is 18.3 Å². The molecule has 0 amide bonds. The van der Waals surface area contributed by atoms with E-state index in [9.17, 15) is 27.5 Å². The second kappa shape index (κ2) is 8.44. The lowest BCUT2D eigenvalue weighted by molar-refractivity contribution is -0.137. The lowest BCUT2D eigenvalue weighted by atomic mass is 9.89. The third-order valence-electron chi connectivity index (χ3n) is 6.33. The molecule has 0 atom stereocenters. The summed E-state index contributed by atoms with van der Waals surface area (Å²) >= 11 is 0. The average Bonchev–Trinajstić information content (AvgIpc) is 3.48. The van der Waals surface area contributed by atoms with Crippen LogP contribution >= 0.6 is 0 Å². The van der Waals surface area contributed by atoms with Crippen molar-refractivity contribution in [3.8, 4) is 16.8 Å². The number of rotatable bonds is 4. The van der Waals surface area contributed by atoms with Crippen molar-refractivity contribution in [2.24, 2.45) is 0 Å². The molecule has 10 heteroatoms. The van der Waals surface area contributed by atoms with E-state index in [1.165, 1.54) is 18.3 Å². The first-order chi connectivity index (χ1) is 16.6. The summed E-state index contributed by atoms with van der Waals surface area (Å²) < 4.78 is 69.5. The van der Waals surface area contributed by atoms with Crippen LogP contribution in [-0.2, 0) is 6.18 Å². The molecule has 5 nitrogen and oxygen atoms in total. The van der Waals surface area contributed by atoms with Gasteiger partial charge in [0, 0.05) is 5.56 Å². The highest BCUT2D eigenvalue weighted by Crippen LogP contribution is 2.39. The molecule has 1 aliphatic rings. The van der Waals surface area contributed by atoms with Crippen LogP contribution < -0.4 is 0 Å². The Morgan fingerprint density at radius 1 is 1.06 bits per heavy atom. The Morgan fingerprint density at radius 3 is 2.49 bits per heavy atom. The van der Waals surface area contributed by atoms with Gasteiger partial charge in [-0.15, -0.1) is 0 Å². The summed E-state index contributed by atoms with van der Waals surface area (Å²) in [5, 5.41) is 13.9. The second-order valence-corrected chi connectivity index (χ2v) is 8.57. The van der Waals surface area contributed by atoms with E-state index >= 15 is 4.39 Å². The topological polar surface area (TPSA) is 68.0 Å². The molecule has 1 N–H and O–H groups in total. The minimum Gasteiger partial charge on any atom is -0.478 e. The average molecular weight is 487 g/mol. The fraction of sp³-hybridized carbons (Fsp3) is 0.240. The molecule has 0 saturated heterocycles. The van der Waals surface area contributed by atoms with E-state index in [-0.39, 0.29) is 33.8 Å². The Balaban J connectivity index is 1.67. The molecule has 2 aromatic carbocycles. The van der Waals surface area contributed by atoms with Crippen LogP contribution in [-0.4, -0.2) is 25.8 Å². The van der Waals surface area contributed by atoms with Gasteiger partial charge < -0.3 is 5.11 Å². The monoisotopic (exact) mass is 487 g/mol. The van der Waals surface area contributed by atoms with E-state index in [1.807, 2.05) is 0 Å². The molecule has 4 aromatic rings. The zero-order valence-corrected chi connectivity index (χ0v) is 18.1. The lowest BCUT2D eigenvalue weighted by Gasteiger charge is -2.15. The fourth-order valence-corrected chi connectivity index (χ4v) is 4.71. The lowest BCUT2D eigenvalue weighted by Crippen LogP contribution is -2.07. The highest BCUT2D eigenvalue weighted by molar-refractivity contribution is 5.94. The molecule has 0 bridgehead atoms. The number of aromatic nitrogens is 3. The summed E-state index contributed by atoms with van der Waals surface area (Å²) in [7, 11) is 0. The molecule has 0 aliphatic heterocycles. The van der Waals surface area contributed by atoms with Crippen molar-refractivity contribution in [1.82, 2.24) is 14.8 Å². The number of benzene rings is 2. The largest absolute Gasteiger partial charge is 0.478 e. The number of halogens is 5. The number of hydrogen-bond acceptors (Lipinski definition) is 3. The Labute approximate surface area is 195 Å². The maximum absolute atomic E-state index is 15.0. The second-order valence-electron chi connectivity index (χ2n) is 8.57. The first-order valence-electron chi connectivity index (χ1n) is 10.9. The minimum absolute atomic E-state index is 0.0343. The summed E-state index contributed by atoms with van der Waals surface area (Å²) in [5.74, 6) is -2.86. The van der Waals surface area contributed by atoms with Crippen molar-refractivity contribution < 1.29 is 31.9 Å². The Hall–Kier alpha value is -3.82. The number of alkyl halides is 3. The van der Waals surface area contributed by atoms with Gasteiger partial charge in [0.1, 0.15) is 16.9 Å². The molecule has 2 aromatic heterocycles. The number of carbonyl (C=O) groups is 1. The summed E-state index contributed by atoms with van der Waals surface area (Å²) in [6.45, 7) is 0. The molecule has 1 aliphatic carbocycles. The predicted octanol–water partition coefficient (Wildman–Crippen LogP) is 6.74. The van der Waals surface area contributed by atoms with E-state index < -0.39 is 29.3 Å². The van der Waals surface area contributed by atoms with E-state index in [4.69, 9.17) is 0 Å². The smallest absolute Gasteiger partial charge is 0.416 e. The highest BCUT2D eigenvalue weighted by Gasteiger charge is 2.32. The van der Waals surface area contributed by atoms with Crippen LogP contribution in [0.2, 0.25) is 0 Å². The molecule has 35 heavy (non-hydrogen) atoms. The van der Waals surface area contributed by atoms with Crippen LogP contribution in [0.25, 0.3) is 27.8 Å². The predicted molar refractivity (Wildman–Crippen MR) is 117 cm³/mol. The quantitative estimate of drug-likeness (QED) is 0.324. The summed E-state index contributed by atoms with van der Waals surface area (Å²) in [4.78, 5) is 15.8. The third-order valence-corrected chi connectivity index (χ3v) is 6.33. The highest BCUT2D eigenvalue weighted by atomic mass is 19.4. The van der Waals surface area contributed by atoms with E-state index in [1.54, 1.807) is 6.07 Å². The maximum atomic E-state index is 15.0. The SMILES string of the molecule is O=C(O)c1ccc(-c2c(F)cnc3cn(-c4cc(F)cc(C(F)(F)F)c4)nc23)cc1C1CCCC1. The molecule has 1 saturated carbocycles. The van der Waals surface area contributed by atoms with Crippen LogP contribution in [0.15, 0.2) is 48.8 Å². The zero-order valence-electron chi connectivity index (χ0n) is 18.1. The Bertz CT molecular complexity index is 1460. The van der Waals surface area contributed by atoms with Gasteiger partial charge in [-0.1, -0.05) is 18.9 Å². The fourth-order valence-electron chi connectivity index (χ4n) is 4.71. The molecule has 5 rings (SSSR count). The van der Waals surface area contributed by atoms with Crippen molar-refractivity contribution >= 4 is 17.0 Å². The summed E-state index contributed by atoms with van der Waals surface area (Å²) in [5.41, 5.74) is 0.0332. The van der Waals surface area contributed by atoms with E-state index in [0.29, 0.717) is 17.2 Å². The van der Waals surface area contributed by atoms with E-state index in [0.717, 1.165) is 48.7 Å². The minimum atomic E-state index is -4.76. The van der Waals surface area contributed by atoms with Gasteiger partial charge in [0.2, 0.25) is 0 Å². The molecule has 0 spiro atoms.